The number of amides is 2. The summed E-state index contributed by atoms with van der Waals surface area (Å²) in [5.41, 5.74) is 1.82. The molecule has 150 valence electrons. The van der Waals surface area contributed by atoms with Gasteiger partial charge in [0.1, 0.15) is 0 Å². The van der Waals surface area contributed by atoms with Crippen molar-refractivity contribution in [1.29, 1.82) is 0 Å². The summed E-state index contributed by atoms with van der Waals surface area (Å²) in [7, 11) is 0. The largest absolute Gasteiger partial charge is 0.341 e. The SMILES string of the molecule is O=C1NC(=O)/C(=C\c2ccnc(N3CCC(CNCc4cccnc4)CC3)n2)S1. The molecular weight excluding hydrogens is 388 g/mol. The number of nitrogens with one attached hydrogen (secondary N) is 2. The number of hydrogen-bond donors (Lipinski definition) is 2. The van der Waals surface area contributed by atoms with Crippen LogP contribution in [0, 0.1) is 5.92 Å². The van der Waals surface area contributed by atoms with Gasteiger partial charge in [0.25, 0.3) is 11.1 Å². The van der Waals surface area contributed by atoms with Crippen LogP contribution < -0.4 is 15.5 Å². The Hall–Kier alpha value is -2.78. The van der Waals surface area contributed by atoms with E-state index in [1.165, 1.54) is 5.56 Å². The third-order valence-corrected chi connectivity index (χ3v) is 5.78. The molecule has 29 heavy (non-hydrogen) atoms. The molecule has 0 atom stereocenters. The molecule has 8 nitrogen and oxygen atoms in total. The van der Waals surface area contributed by atoms with Crippen LogP contribution in [0.5, 0.6) is 0 Å². The summed E-state index contributed by atoms with van der Waals surface area (Å²) in [6.07, 6.45) is 9.14. The number of hydrogen-bond acceptors (Lipinski definition) is 8. The van der Waals surface area contributed by atoms with Crippen molar-refractivity contribution < 1.29 is 9.59 Å². The number of carbonyl (C=O) groups is 2. The molecule has 9 heteroatoms. The predicted octanol–water partition coefficient (Wildman–Crippen LogP) is 2.20. The van der Waals surface area contributed by atoms with E-state index < -0.39 is 0 Å². The molecule has 2 N–H and O–H groups in total. The Bertz CT molecular complexity index is 912. The van der Waals surface area contributed by atoms with Crippen LogP contribution in [0.4, 0.5) is 10.7 Å². The molecule has 4 heterocycles. The zero-order valence-corrected chi connectivity index (χ0v) is 16.7. The second-order valence-corrected chi connectivity index (χ2v) is 8.07. The van der Waals surface area contributed by atoms with E-state index >= 15 is 0 Å². The minimum atomic E-state index is -0.375. The third-order valence-electron chi connectivity index (χ3n) is 4.97. The Morgan fingerprint density at radius 2 is 2.10 bits per heavy atom. The molecule has 0 spiro atoms. The number of anilines is 1. The lowest BCUT2D eigenvalue weighted by molar-refractivity contribution is -0.115. The van der Waals surface area contributed by atoms with Gasteiger partial charge in [0.2, 0.25) is 5.95 Å². The van der Waals surface area contributed by atoms with E-state index in [0.29, 0.717) is 22.5 Å². The van der Waals surface area contributed by atoms with Gasteiger partial charge in [-0.15, -0.1) is 0 Å². The van der Waals surface area contributed by atoms with Gasteiger partial charge < -0.3 is 10.2 Å². The highest BCUT2D eigenvalue weighted by Gasteiger charge is 2.25. The van der Waals surface area contributed by atoms with Crippen LogP contribution in [0.2, 0.25) is 0 Å². The fraction of sp³-hybridized carbons (Fsp3) is 0.350. The van der Waals surface area contributed by atoms with E-state index in [4.69, 9.17) is 0 Å². The Balaban J connectivity index is 1.29. The normalized spacial score (nSPS) is 19.0. The molecule has 0 aliphatic carbocycles. The van der Waals surface area contributed by atoms with Crippen molar-refractivity contribution in [2.75, 3.05) is 24.5 Å². The molecule has 0 radical (unpaired) electrons. The van der Waals surface area contributed by atoms with E-state index in [1.807, 2.05) is 12.3 Å². The fourth-order valence-electron chi connectivity index (χ4n) is 3.41. The van der Waals surface area contributed by atoms with Gasteiger partial charge in [-0.25, -0.2) is 9.97 Å². The molecule has 0 saturated carbocycles. The van der Waals surface area contributed by atoms with Crippen molar-refractivity contribution in [2.24, 2.45) is 5.92 Å². The Morgan fingerprint density at radius 1 is 1.24 bits per heavy atom. The second kappa shape index (κ2) is 9.15. The van der Waals surface area contributed by atoms with E-state index in [9.17, 15) is 9.59 Å². The number of rotatable bonds is 6. The van der Waals surface area contributed by atoms with Crippen molar-refractivity contribution in [1.82, 2.24) is 25.6 Å². The van der Waals surface area contributed by atoms with Gasteiger partial charge in [0.15, 0.2) is 0 Å². The topological polar surface area (TPSA) is 100 Å². The highest BCUT2D eigenvalue weighted by atomic mass is 32.2. The zero-order chi connectivity index (χ0) is 20.1. The van der Waals surface area contributed by atoms with Gasteiger partial charge in [0, 0.05) is 38.2 Å². The van der Waals surface area contributed by atoms with Crippen LogP contribution in [0.1, 0.15) is 24.1 Å². The summed E-state index contributed by atoms with van der Waals surface area (Å²) in [4.78, 5) is 38.6. The molecule has 0 bridgehead atoms. The van der Waals surface area contributed by atoms with Crippen LogP contribution in [-0.4, -0.2) is 45.7 Å². The lowest BCUT2D eigenvalue weighted by Crippen LogP contribution is -2.38. The van der Waals surface area contributed by atoms with Crippen LogP contribution in [-0.2, 0) is 11.3 Å². The van der Waals surface area contributed by atoms with Gasteiger partial charge in [0.05, 0.1) is 10.6 Å². The van der Waals surface area contributed by atoms with E-state index in [2.05, 4.69) is 36.6 Å². The van der Waals surface area contributed by atoms with Crippen LogP contribution in [0.25, 0.3) is 6.08 Å². The Morgan fingerprint density at radius 3 is 2.83 bits per heavy atom. The number of imide groups is 1. The minimum Gasteiger partial charge on any atom is -0.341 e. The van der Waals surface area contributed by atoms with E-state index in [0.717, 1.165) is 50.8 Å². The molecule has 0 aromatic carbocycles. The van der Waals surface area contributed by atoms with Gasteiger partial charge in [-0.05, 0) is 60.8 Å². The molecule has 2 amide bonds. The average Bonchev–Trinajstić information content (AvgIpc) is 3.06. The van der Waals surface area contributed by atoms with Gasteiger partial charge in [-0.2, -0.15) is 0 Å². The summed E-state index contributed by atoms with van der Waals surface area (Å²) >= 11 is 0.893. The minimum absolute atomic E-state index is 0.352. The number of carbonyl (C=O) groups excluding carboxylic acids is 2. The molecule has 4 rings (SSSR count). The molecule has 2 aromatic rings. The first kappa shape index (κ1) is 19.5. The molecule has 0 unspecified atom stereocenters. The maximum atomic E-state index is 11.7. The van der Waals surface area contributed by atoms with Gasteiger partial charge in [-0.3, -0.25) is 19.9 Å². The van der Waals surface area contributed by atoms with Crippen molar-refractivity contribution >= 4 is 34.9 Å². The summed E-state index contributed by atoms with van der Waals surface area (Å²) in [5.74, 6) is 0.911. The highest BCUT2D eigenvalue weighted by Crippen LogP contribution is 2.26. The first-order valence-electron chi connectivity index (χ1n) is 9.60. The molecule has 2 aliphatic heterocycles. The lowest BCUT2D eigenvalue weighted by Gasteiger charge is -2.32. The van der Waals surface area contributed by atoms with Gasteiger partial charge >= 0.3 is 0 Å². The molecule has 2 aliphatic rings. The van der Waals surface area contributed by atoms with Crippen molar-refractivity contribution in [3.63, 3.8) is 0 Å². The molecule has 2 aromatic heterocycles. The van der Waals surface area contributed by atoms with Crippen LogP contribution in [0.15, 0.2) is 41.7 Å². The Labute approximate surface area is 173 Å². The second-order valence-electron chi connectivity index (χ2n) is 7.06. The fourth-order valence-corrected chi connectivity index (χ4v) is 4.08. The number of piperidine rings is 1. The van der Waals surface area contributed by atoms with E-state index in [1.54, 1.807) is 24.5 Å². The van der Waals surface area contributed by atoms with Crippen LogP contribution >= 0.6 is 11.8 Å². The monoisotopic (exact) mass is 410 g/mol. The summed E-state index contributed by atoms with van der Waals surface area (Å²) < 4.78 is 0. The highest BCUT2D eigenvalue weighted by molar-refractivity contribution is 8.18. The molecule has 2 fully saturated rings. The number of thioether (sulfide) groups is 1. The maximum absolute atomic E-state index is 11.7. The zero-order valence-electron chi connectivity index (χ0n) is 15.9. The van der Waals surface area contributed by atoms with Crippen LogP contribution in [0.3, 0.4) is 0 Å². The smallest absolute Gasteiger partial charge is 0.290 e. The summed E-state index contributed by atoms with van der Waals surface area (Å²) in [6.45, 7) is 3.61. The third kappa shape index (κ3) is 5.18. The van der Waals surface area contributed by atoms with E-state index in [-0.39, 0.29) is 11.1 Å². The van der Waals surface area contributed by atoms with Gasteiger partial charge in [-0.1, -0.05) is 6.07 Å². The Kier molecular flexibility index (Phi) is 6.16. The lowest BCUT2D eigenvalue weighted by atomic mass is 9.97. The average molecular weight is 411 g/mol. The molecular formula is C20H22N6O2S. The number of nitrogens with zero attached hydrogens (tertiary/aromatic N) is 4. The van der Waals surface area contributed by atoms with Crippen molar-refractivity contribution in [2.45, 2.75) is 19.4 Å². The first-order chi connectivity index (χ1) is 14.2. The predicted molar refractivity (Wildman–Crippen MR) is 112 cm³/mol. The molecule has 2 saturated heterocycles. The standard InChI is InChI=1S/C20H22N6O2S/c27-18-17(29-20(28)25-18)10-16-3-7-23-19(24-16)26-8-4-14(5-9-26)11-22-13-15-2-1-6-21-12-15/h1-3,6-7,10,12,14,22H,4-5,8-9,11,13H2,(H,25,27,28)/b17-10+. The summed E-state index contributed by atoms with van der Waals surface area (Å²) in [5, 5.41) is 5.42. The van der Waals surface area contributed by atoms with Crippen molar-refractivity contribution in [3.05, 3.63) is 53.0 Å². The maximum Gasteiger partial charge on any atom is 0.290 e. The summed E-state index contributed by atoms with van der Waals surface area (Å²) in [6, 6.07) is 5.77. The quantitative estimate of drug-likeness (QED) is 0.699. The first-order valence-corrected chi connectivity index (χ1v) is 10.4. The van der Waals surface area contributed by atoms with Crippen molar-refractivity contribution in [3.8, 4) is 0 Å². The number of aromatic nitrogens is 3. The number of pyridine rings is 1.